The second-order valence-electron chi connectivity index (χ2n) is 16.1. The van der Waals surface area contributed by atoms with Crippen LogP contribution in [0.25, 0.3) is 0 Å². The predicted molar refractivity (Wildman–Crippen MR) is 214 cm³/mol. The van der Waals surface area contributed by atoms with Gasteiger partial charge in [0.2, 0.25) is 10.0 Å². The summed E-state index contributed by atoms with van der Waals surface area (Å²) in [7, 11) is -4.16. The minimum Gasteiger partial charge on any atom is -0.374 e. The zero-order valence-corrected chi connectivity index (χ0v) is 34.5. The molecule has 4 fully saturated rings. The van der Waals surface area contributed by atoms with Gasteiger partial charge in [0.05, 0.1) is 37.9 Å². The maximum absolute atomic E-state index is 14.2. The van der Waals surface area contributed by atoms with Crippen LogP contribution < -0.4 is 4.72 Å². The number of hydrogen-bond donors (Lipinski definition) is 1. The van der Waals surface area contributed by atoms with Crippen molar-refractivity contribution in [1.29, 1.82) is 0 Å². The summed E-state index contributed by atoms with van der Waals surface area (Å²) in [5, 5.41) is 0. The Hall–Kier alpha value is -3.61. The quantitative estimate of drug-likeness (QED) is 0.145. The summed E-state index contributed by atoms with van der Waals surface area (Å²) in [4.78, 5) is 0.0693. The van der Waals surface area contributed by atoms with Crippen molar-refractivity contribution in [2.75, 3.05) is 13.2 Å². The fourth-order valence-electron chi connectivity index (χ4n) is 7.97. The Morgan fingerprint density at radius 3 is 1.66 bits per heavy atom. The van der Waals surface area contributed by atoms with E-state index in [1.54, 1.807) is 18.2 Å². The van der Waals surface area contributed by atoms with E-state index >= 15 is 0 Å². The molecule has 13 nitrogen and oxygen atoms in total. The molecule has 0 amide bonds. The van der Waals surface area contributed by atoms with E-state index in [9.17, 15) is 8.42 Å². The molecular formula is C45H53NO12S. The normalized spacial score (nSPS) is 31.1. The molecule has 14 heteroatoms. The van der Waals surface area contributed by atoms with Crippen LogP contribution in [0, 0.1) is 0 Å². The van der Waals surface area contributed by atoms with Crippen LogP contribution >= 0.6 is 0 Å². The first-order chi connectivity index (χ1) is 28.4. The number of sulfonamides is 1. The molecular weight excluding hydrogens is 779 g/mol. The maximum Gasteiger partial charge on any atom is 0.241 e. The number of hydrogen-bond acceptors (Lipinski definition) is 12. The molecule has 316 valence electrons. The Morgan fingerprint density at radius 1 is 0.542 bits per heavy atom. The van der Waals surface area contributed by atoms with E-state index in [0.717, 1.165) is 16.7 Å². The molecule has 4 aliphatic heterocycles. The first kappa shape index (κ1) is 42.1. The highest BCUT2D eigenvalue weighted by Crippen LogP contribution is 2.44. The zero-order valence-electron chi connectivity index (χ0n) is 33.7. The van der Waals surface area contributed by atoms with Crippen LogP contribution in [0.15, 0.2) is 126 Å². The third-order valence-corrected chi connectivity index (χ3v) is 12.1. The molecule has 0 aliphatic carbocycles. The summed E-state index contributed by atoms with van der Waals surface area (Å²) in [6, 6.07) is 36.2. The molecule has 4 heterocycles. The molecule has 59 heavy (non-hydrogen) atoms. The fourth-order valence-corrected chi connectivity index (χ4v) is 9.23. The van der Waals surface area contributed by atoms with Crippen LogP contribution in [0.2, 0.25) is 0 Å². The lowest BCUT2D eigenvalue weighted by atomic mass is 9.96. The van der Waals surface area contributed by atoms with Gasteiger partial charge in [-0.3, -0.25) is 0 Å². The van der Waals surface area contributed by atoms with Gasteiger partial charge in [0, 0.05) is 0 Å². The minimum atomic E-state index is -4.16. The average Bonchev–Trinajstić information content (AvgIpc) is 3.74. The number of benzene rings is 4. The Kier molecular flexibility index (Phi) is 13.0. The average molecular weight is 832 g/mol. The van der Waals surface area contributed by atoms with E-state index in [1.165, 1.54) is 12.1 Å². The summed E-state index contributed by atoms with van der Waals surface area (Å²) in [6.45, 7) is 7.97. The van der Waals surface area contributed by atoms with Crippen LogP contribution in [0.5, 0.6) is 0 Å². The molecule has 0 radical (unpaired) electrons. The molecule has 10 atom stereocenters. The van der Waals surface area contributed by atoms with Crippen molar-refractivity contribution in [3.05, 3.63) is 138 Å². The van der Waals surface area contributed by atoms with Crippen LogP contribution in [-0.2, 0) is 77.2 Å². The third kappa shape index (κ3) is 10.3. The topological polar surface area (TPSA) is 138 Å². The van der Waals surface area contributed by atoms with Crippen LogP contribution in [-0.4, -0.2) is 94.6 Å². The standard InChI is InChI=1S/C45H53NO12S/c1-44(2)55-38-35(54-43-41(40(38)56-44)57-45(3,4)58-43)29-52-42-36(46-59(47,48)33-23-15-8-16-24-33)39(51-27-32-21-13-7-14-22-32)37(50-26-31-19-11-6-12-20-31)34(53-42)28-49-25-30-17-9-5-10-18-30/h5-24,34-43,46H,25-29H2,1-4H3. The summed E-state index contributed by atoms with van der Waals surface area (Å²) in [5.74, 6) is -1.85. The summed E-state index contributed by atoms with van der Waals surface area (Å²) in [6.07, 6.45) is -6.87. The molecule has 1 N–H and O–H groups in total. The van der Waals surface area contributed by atoms with E-state index in [2.05, 4.69) is 4.72 Å². The lowest BCUT2D eigenvalue weighted by Gasteiger charge is -2.46. The molecule has 4 aromatic rings. The number of ether oxygens (including phenoxy) is 10. The van der Waals surface area contributed by atoms with Gasteiger partial charge in [-0.2, -0.15) is 0 Å². The first-order valence-corrected chi connectivity index (χ1v) is 21.6. The van der Waals surface area contributed by atoms with Gasteiger partial charge >= 0.3 is 0 Å². The second kappa shape index (κ2) is 18.2. The van der Waals surface area contributed by atoms with Crippen molar-refractivity contribution < 1.29 is 55.8 Å². The molecule has 4 saturated heterocycles. The van der Waals surface area contributed by atoms with Crippen molar-refractivity contribution >= 4 is 10.0 Å². The lowest BCUT2D eigenvalue weighted by Crippen LogP contribution is -2.66. The van der Waals surface area contributed by atoms with Gasteiger partial charge in [-0.05, 0) is 56.5 Å². The molecule has 4 aromatic carbocycles. The van der Waals surface area contributed by atoms with E-state index in [4.69, 9.17) is 47.4 Å². The number of fused-ring (bicyclic) bond motifs is 3. The smallest absolute Gasteiger partial charge is 0.241 e. The van der Waals surface area contributed by atoms with Crippen LogP contribution in [0.4, 0.5) is 0 Å². The van der Waals surface area contributed by atoms with E-state index < -0.39 is 82.9 Å². The molecule has 4 aliphatic rings. The maximum atomic E-state index is 14.2. The molecule has 0 spiro atoms. The Morgan fingerprint density at radius 2 is 1.05 bits per heavy atom. The number of rotatable bonds is 16. The highest BCUT2D eigenvalue weighted by Gasteiger charge is 2.61. The van der Waals surface area contributed by atoms with E-state index in [0.29, 0.717) is 6.61 Å². The Bertz CT molecular complexity index is 2040. The Balaban J connectivity index is 1.13. The Labute approximate surface area is 346 Å². The van der Waals surface area contributed by atoms with Crippen molar-refractivity contribution in [1.82, 2.24) is 4.72 Å². The summed E-state index contributed by atoms with van der Waals surface area (Å²) < 4.78 is 96.2. The highest BCUT2D eigenvalue weighted by molar-refractivity contribution is 7.89. The van der Waals surface area contributed by atoms with Crippen molar-refractivity contribution in [3.63, 3.8) is 0 Å². The number of nitrogens with one attached hydrogen (secondary N) is 1. The fraction of sp³-hybridized carbons (Fsp3) is 0.467. The molecule has 8 rings (SSSR count). The van der Waals surface area contributed by atoms with Gasteiger partial charge in [-0.15, -0.1) is 0 Å². The van der Waals surface area contributed by atoms with Crippen molar-refractivity contribution in [2.24, 2.45) is 0 Å². The second-order valence-corrected chi connectivity index (χ2v) is 17.8. The summed E-state index contributed by atoms with van der Waals surface area (Å²) in [5.41, 5.74) is 2.79. The van der Waals surface area contributed by atoms with Gasteiger partial charge in [-0.1, -0.05) is 109 Å². The predicted octanol–water partition coefficient (Wildman–Crippen LogP) is 5.86. The zero-order chi connectivity index (χ0) is 41.0. The van der Waals surface area contributed by atoms with Gasteiger partial charge < -0.3 is 47.4 Å². The largest absolute Gasteiger partial charge is 0.374 e. The van der Waals surface area contributed by atoms with Gasteiger partial charge in [0.25, 0.3) is 0 Å². The summed E-state index contributed by atoms with van der Waals surface area (Å²) >= 11 is 0. The highest BCUT2D eigenvalue weighted by atomic mass is 32.2. The third-order valence-electron chi connectivity index (χ3n) is 10.6. The van der Waals surface area contributed by atoms with E-state index in [1.807, 2.05) is 119 Å². The molecule has 10 unspecified atom stereocenters. The van der Waals surface area contributed by atoms with E-state index in [-0.39, 0.29) is 31.3 Å². The van der Waals surface area contributed by atoms with Crippen LogP contribution in [0.1, 0.15) is 44.4 Å². The first-order valence-electron chi connectivity index (χ1n) is 20.1. The lowest BCUT2D eigenvalue weighted by molar-refractivity contribution is -0.304. The molecule has 0 bridgehead atoms. The monoisotopic (exact) mass is 831 g/mol. The van der Waals surface area contributed by atoms with Gasteiger partial charge in [0.1, 0.15) is 48.8 Å². The SMILES string of the molecule is CC1(C)OC2OC(COC3OC(COCc4ccccc4)C(OCc4ccccc4)C(OCc4ccccc4)C3NS(=O)(=O)c3ccccc3)C3OC(C)(C)OC3C2O1. The molecule has 0 saturated carbocycles. The van der Waals surface area contributed by atoms with Crippen LogP contribution in [0.3, 0.4) is 0 Å². The molecule has 0 aromatic heterocycles. The van der Waals surface area contributed by atoms with Gasteiger partial charge in [0.15, 0.2) is 24.2 Å². The van der Waals surface area contributed by atoms with Gasteiger partial charge in [-0.25, -0.2) is 13.1 Å². The minimum absolute atomic E-state index is 0.0693. The van der Waals surface area contributed by atoms with Crippen molar-refractivity contribution in [3.8, 4) is 0 Å². The van der Waals surface area contributed by atoms with Crippen molar-refractivity contribution in [2.45, 2.75) is 125 Å².